The van der Waals surface area contributed by atoms with Crippen LogP contribution in [0.2, 0.25) is 5.02 Å². The van der Waals surface area contributed by atoms with Gasteiger partial charge in [0, 0.05) is 24.3 Å². The molecule has 0 radical (unpaired) electrons. The largest absolute Gasteiger partial charge is 0.355 e. The van der Waals surface area contributed by atoms with E-state index < -0.39 is 0 Å². The van der Waals surface area contributed by atoms with Crippen molar-refractivity contribution < 1.29 is 14.4 Å². The number of amides is 3. The normalized spacial score (nSPS) is 10.4. The highest BCUT2D eigenvalue weighted by atomic mass is 35.5. The smallest absolute Gasteiger partial charge is 0.239 e. The zero-order valence-corrected chi connectivity index (χ0v) is 15.6. The van der Waals surface area contributed by atoms with Crippen LogP contribution in [-0.4, -0.2) is 67.8 Å². The second kappa shape index (κ2) is 10.7. The molecule has 0 unspecified atom stereocenters. The van der Waals surface area contributed by atoms with E-state index in [9.17, 15) is 14.4 Å². The Balaban J connectivity index is 2.39. The fraction of sp³-hybridized carbons (Fsp3) is 0.471. The van der Waals surface area contributed by atoms with Crippen LogP contribution < -0.4 is 10.6 Å². The molecule has 1 rings (SSSR count). The fourth-order valence-corrected chi connectivity index (χ4v) is 2.23. The van der Waals surface area contributed by atoms with Crippen LogP contribution in [0.25, 0.3) is 0 Å². The maximum absolute atomic E-state index is 12.1. The minimum atomic E-state index is -0.249. The van der Waals surface area contributed by atoms with Gasteiger partial charge in [0.2, 0.25) is 17.7 Å². The van der Waals surface area contributed by atoms with Crippen molar-refractivity contribution in [3.8, 4) is 0 Å². The molecular formula is C17H25ClN4O3. The van der Waals surface area contributed by atoms with E-state index >= 15 is 0 Å². The summed E-state index contributed by atoms with van der Waals surface area (Å²) < 4.78 is 0. The molecule has 7 nitrogen and oxygen atoms in total. The van der Waals surface area contributed by atoms with Gasteiger partial charge in [-0.3, -0.25) is 19.3 Å². The van der Waals surface area contributed by atoms with Crippen LogP contribution in [0.5, 0.6) is 0 Å². The molecule has 0 heterocycles. The van der Waals surface area contributed by atoms with Gasteiger partial charge < -0.3 is 15.5 Å². The van der Waals surface area contributed by atoms with Crippen LogP contribution in [0.1, 0.15) is 13.3 Å². The van der Waals surface area contributed by atoms with Gasteiger partial charge in [-0.05, 0) is 31.7 Å². The van der Waals surface area contributed by atoms with Crippen molar-refractivity contribution in [1.29, 1.82) is 0 Å². The van der Waals surface area contributed by atoms with Gasteiger partial charge >= 0.3 is 0 Å². The number of benzene rings is 1. The van der Waals surface area contributed by atoms with Gasteiger partial charge in [0.1, 0.15) is 0 Å². The number of nitrogens with zero attached hydrogens (tertiary/aromatic N) is 2. The lowest BCUT2D eigenvalue weighted by Gasteiger charge is -2.21. The number of hydrogen-bond acceptors (Lipinski definition) is 4. The third kappa shape index (κ3) is 8.51. The Hall–Kier alpha value is -2.12. The number of likely N-dealkylation sites (N-methyl/N-ethyl adjacent to an activating group) is 2. The summed E-state index contributed by atoms with van der Waals surface area (Å²) in [5.74, 6) is -0.676. The first kappa shape index (κ1) is 20.9. The number of carbonyl (C=O) groups excluding carboxylic acids is 3. The molecule has 8 heteroatoms. The van der Waals surface area contributed by atoms with E-state index in [1.165, 1.54) is 4.90 Å². The molecule has 25 heavy (non-hydrogen) atoms. The first-order valence-corrected chi connectivity index (χ1v) is 8.44. The minimum Gasteiger partial charge on any atom is -0.355 e. The SMILES string of the molecule is CCCNC(=O)CN(C)C(=O)CN(C)CC(=O)Nc1cccc(Cl)c1. The molecule has 0 saturated heterocycles. The molecule has 0 atom stereocenters. The van der Waals surface area contributed by atoms with E-state index in [4.69, 9.17) is 11.6 Å². The Labute approximate surface area is 153 Å². The van der Waals surface area contributed by atoms with Crippen LogP contribution in [0, 0.1) is 0 Å². The molecule has 0 aromatic heterocycles. The molecule has 0 aliphatic carbocycles. The van der Waals surface area contributed by atoms with E-state index in [0.717, 1.165) is 6.42 Å². The summed E-state index contributed by atoms with van der Waals surface area (Å²) in [5, 5.41) is 5.96. The van der Waals surface area contributed by atoms with Gasteiger partial charge in [-0.2, -0.15) is 0 Å². The van der Waals surface area contributed by atoms with Crippen molar-refractivity contribution in [3.63, 3.8) is 0 Å². The second-order valence-corrected chi connectivity index (χ2v) is 6.27. The summed E-state index contributed by atoms with van der Waals surface area (Å²) >= 11 is 5.87. The first-order valence-electron chi connectivity index (χ1n) is 8.06. The number of hydrogen-bond donors (Lipinski definition) is 2. The summed E-state index contributed by atoms with van der Waals surface area (Å²) in [7, 11) is 3.23. The van der Waals surface area contributed by atoms with Crippen LogP contribution in [0.15, 0.2) is 24.3 Å². The first-order chi connectivity index (χ1) is 11.8. The molecule has 0 aliphatic rings. The Morgan fingerprint density at radius 3 is 2.44 bits per heavy atom. The average Bonchev–Trinajstić information content (AvgIpc) is 2.52. The zero-order valence-electron chi connectivity index (χ0n) is 14.8. The number of carbonyl (C=O) groups is 3. The van der Waals surface area contributed by atoms with Crippen LogP contribution in [0.4, 0.5) is 5.69 Å². The predicted octanol–water partition coefficient (Wildman–Crippen LogP) is 1.19. The Morgan fingerprint density at radius 2 is 1.80 bits per heavy atom. The molecule has 1 aromatic rings. The Bertz CT molecular complexity index is 609. The lowest BCUT2D eigenvalue weighted by Crippen LogP contribution is -2.43. The third-order valence-electron chi connectivity index (χ3n) is 3.31. The summed E-state index contributed by atoms with van der Waals surface area (Å²) in [6.45, 7) is 2.64. The summed E-state index contributed by atoms with van der Waals surface area (Å²) in [6.07, 6.45) is 0.841. The van der Waals surface area contributed by atoms with Crippen molar-refractivity contribution in [2.24, 2.45) is 0 Å². The monoisotopic (exact) mass is 368 g/mol. The van der Waals surface area contributed by atoms with E-state index in [-0.39, 0.29) is 37.4 Å². The molecule has 1 aromatic carbocycles. The van der Waals surface area contributed by atoms with E-state index in [0.29, 0.717) is 17.3 Å². The van der Waals surface area contributed by atoms with E-state index in [1.807, 2.05) is 6.92 Å². The van der Waals surface area contributed by atoms with Gasteiger partial charge in [-0.1, -0.05) is 24.6 Å². The molecule has 2 N–H and O–H groups in total. The quantitative estimate of drug-likeness (QED) is 0.686. The highest BCUT2D eigenvalue weighted by molar-refractivity contribution is 6.30. The predicted molar refractivity (Wildman–Crippen MR) is 98.5 cm³/mol. The van der Waals surface area contributed by atoms with Crippen LogP contribution in [0.3, 0.4) is 0 Å². The lowest BCUT2D eigenvalue weighted by molar-refractivity contribution is -0.135. The number of nitrogens with one attached hydrogen (secondary N) is 2. The lowest BCUT2D eigenvalue weighted by atomic mass is 10.3. The van der Waals surface area contributed by atoms with Crippen molar-refractivity contribution >= 4 is 35.0 Å². The number of halogens is 1. The summed E-state index contributed by atoms with van der Waals surface area (Å²) in [6, 6.07) is 6.84. The Morgan fingerprint density at radius 1 is 1.08 bits per heavy atom. The zero-order chi connectivity index (χ0) is 18.8. The third-order valence-corrected chi connectivity index (χ3v) is 3.54. The van der Waals surface area contributed by atoms with Crippen molar-refractivity contribution in [3.05, 3.63) is 29.3 Å². The highest BCUT2D eigenvalue weighted by Gasteiger charge is 2.16. The number of anilines is 1. The van der Waals surface area contributed by atoms with Crippen molar-refractivity contribution in [1.82, 2.24) is 15.1 Å². The average molecular weight is 369 g/mol. The van der Waals surface area contributed by atoms with Crippen molar-refractivity contribution in [2.75, 3.05) is 45.6 Å². The summed E-state index contributed by atoms with van der Waals surface area (Å²) in [4.78, 5) is 38.6. The Kier molecular flexibility index (Phi) is 8.94. The molecule has 0 bridgehead atoms. The summed E-state index contributed by atoms with van der Waals surface area (Å²) in [5.41, 5.74) is 0.599. The standard InChI is InChI=1S/C17H25ClN4O3/c1-4-8-19-15(23)11-22(3)17(25)12-21(2)10-16(24)20-14-7-5-6-13(18)9-14/h5-7,9H,4,8,10-12H2,1-3H3,(H,19,23)(H,20,24). The maximum atomic E-state index is 12.1. The molecule has 0 spiro atoms. The molecule has 3 amide bonds. The molecule has 0 saturated carbocycles. The van der Waals surface area contributed by atoms with Crippen LogP contribution in [-0.2, 0) is 14.4 Å². The molecule has 138 valence electrons. The van der Waals surface area contributed by atoms with Gasteiger partial charge in [-0.25, -0.2) is 0 Å². The second-order valence-electron chi connectivity index (χ2n) is 5.83. The maximum Gasteiger partial charge on any atom is 0.239 e. The fourth-order valence-electron chi connectivity index (χ4n) is 2.04. The molecule has 0 aliphatic heterocycles. The van der Waals surface area contributed by atoms with Gasteiger partial charge in [0.25, 0.3) is 0 Å². The van der Waals surface area contributed by atoms with Gasteiger partial charge in [-0.15, -0.1) is 0 Å². The highest BCUT2D eigenvalue weighted by Crippen LogP contribution is 2.14. The van der Waals surface area contributed by atoms with E-state index in [1.54, 1.807) is 43.3 Å². The topological polar surface area (TPSA) is 81.8 Å². The molecule has 0 fully saturated rings. The van der Waals surface area contributed by atoms with Crippen molar-refractivity contribution in [2.45, 2.75) is 13.3 Å². The van der Waals surface area contributed by atoms with E-state index in [2.05, 4.69) is 10.6 Å². The number of rotatable bonds is 9. The minimum absolute atomic E-state index is 0.00137. The molecular weight excluding hydrogens is 344 g/mol. The van der Waals surface area contributed by atoms with Gasteiger partial charge in [0.05, 0.1) is 19.6 Å². The van der Waals surface area contributed by atoms with Gasteiger partial charge in [0.15, 0.2) is 0 Å². The van der Waals surface area contributed by atoms with Crippen LogP contribution >= 0.6 is 11.6 Å².